The molecule has 0 radical (unpaired) electrons. The number of aliphatic hydroxyl groups excluding tert-OH is 3. The number of aliphatic hydroxyl groups is 3. The molecule has 16 heteroatoms. The first-order chi connectivity index (χ1) is 15.8. The predicted octanol–water partition coefficient (Wildman–Crippen LogP) is -7.21. The third kappa shape index (κ3) is 10.3. The van der Waals surface area contributed by atoms with Crippen LogP contribution in [-0.2, 0) is 33.4 Å². The summed E-state index contributed by atoms with van der Waals surface area (Å²) in [6.45, 7) is 3.06. The fourth-order valence-corrected chi connectivity index (χ4v) is 3.18. The van der Waals surface area contributed by atoms with E-state index in [1.807, 2.05) is 0 Å². The fourth-order valence-electron chi connectivity index (χ4n) is 3.18. The first-order valence-electron chi connectivity index (χ1n) is 10.4. The minimum absolute atomic E-state index is 0. The van der Waals surface area contributed by atoms with Gasteiger partial charge in [-0.3, -0.25) is 24.0 Å². The zero-order chi connectivity index (χ0) is 26.2. The summed E-state index contributed by atoms with van der Waals surface area (Å²) in [5, 5.41) is 45.5. The van der Waals surface area contributed by atoms with Crippen molar-refractivity contribution < 1.29 is 84.9 Å². The number of primary amides is 1. The Labute approximate surface area is 224 Å². The summed E-state index contributed by atoms with van der Waals surface area (Å²) in [6.07, 6.45) is -7.74. The minimum atomic E-state index is -1.65. The van der Waals surface area contributed by atoms with Crippen molar-refractivity contribution >= 4 is 29.6 Å². The van der Waals surface area contributed by atoms with Gasteiger partial charge in [0.15, 0.2) is 6.29 Å². The molecular weight excluding hydrogens is 483 g/mol. The van der Waals surface area contributed by atoms with Gasteiger partial charge in [0.05, 0.1) is 6.61 Å². The summed E-state index contributed by atoms with van der Waals surface area (Å²) in [4.78, 5) is 58.4. The number of nitrogens with two attached hydrogens (primary N) is 1. The van der Waals surface area contributed by atoms with Gasteiger partial charge in [-0.25, -0.2) is 0 Å². The molecule has 35 heavy (non-hydrogen) atoms. The number of ether oxygens (including phenoxy) is 2. The van der Waals surface area contributed by atoms with Gasteiger partial charge in [-0.05, 0) is 20.3 Å². The maximum absolute atomic E-state index is 12.5. The number of amides is 4. The van der Waals surface area contributed by atoms with Crippen LogP contribution in [0, 0.1) is 0 Å². The van der Waals surface area contributed by atoms with E-state index in [1.54, 1.807) is 0 Å². The molecule has 196 valence electrons. The average molecular weight is 516 g/mol. The zero-order valence-corrected chi connectivity index (χ0v) is 22.0. The molecule has 8 atom stereocenters. The molecular formula is C19H33N4NaO11. The number of carbonyl (C=O) groups is 5. The predicted molar refractivity (Wildman–Crippen MR) is 113 cm³/mol. The Morgan fingerprint density at radius 2 is 1.71 bits per heavy atom. The second-order valence-electron chi connectivity index (χ2n) is 7.83. The maximum atomic E-state index is 12.5. The van der Waals surface area contributed by atoms with Crippen molar-refractivity contribution in [3.05, 3.63) is 0 Å². The van der Waals surface area contributed by atoms with Crippen molar-refractivity contribution in [3.8, 4) is 0 Å². The van der Waals surface area contributed by atoms with E-state index in [0.717, 1.165) is 6.92 Å². The van der Waals surface area contributed by atoms with Gasteiger partial charge < -0.3 is 53.0 Å². The minimum Gasteiger partial charge on any atom is -1.00 e. The van der Waals surface area contributed by atoms with Crippen molar-refractivity contribution in [2.75, 3.05) is 6.61 Å². The van der Waals surface area contributed by atoms with Gasteiger partial charge in [-0.15, -0.1) is 0 Å². The molecule has 0 saturated carbocycles. The van der Waals surface area contributed by atoms with E-state index in [2.05, 4.69) is 16.0 Å². The molecule has 0 aromatic heterocycles. The van der Waals surface area contributed by atoms with Crippen LogP contribution in [0.4, 0.5) is 0 Å². The van der Waals surface area contributed by atoms with Crippen molar-refractivity contribution in [1.82, 2.24) is 16.0 Å². The molecule has 9 N–H and O–H groups in total. The normalized spacial score (nSPS) is 26.3. The summed E-state index contributed by atoms with van der Waals surface area (Å²) in [5.74, 6) is -4.34. The second kappa shape index (κ2) is 15.3. The topological polar surface area (TPSA) is 247 Å². The Morgan fingerprint density at radius 3 is 2.20 bits per heavy atom. The molecule has 0 aromatic rings. The van der Waals surface area contributed by atoms with E-state index in [9.17, 15) is 39.3 Å². The molecule has 1 heterocycles. The van der Waals surface area contributed by atoms with Crippen LogP contribution >= 0.6 is 0 Å². The summed E-state index contributed by atoms with van der Waals surface area (Å²) in [7, 11) is 0. The summed E-state index contributed by atoms with van der Waals surface area (Å²) >= 11 is 0. The fraction of sp³-hybridized carbons (Fsp3) is 0.737. The molecule has 0 spiro atoms. The van der Waals surface area contributed by atoms with Crippen LogP contribution in [0.25, 0.3) is 0 Å². The Balaban J connectivity index is 0. The smallest absolute Gasteiger partial charge is 1.00 e. The van der Waals surface area contributed by atoms with Gasteiger partial charge in [-0.2, -0.15) is 0 Å². The van der Waals surface area contributed by atoms with Crippen LogP contribution in [0.5, 0.6) is 0 Å². The van der Waals surface area contributed by atoms with Gasteiger partial charge in [-0.1, -0.05) is 0 Å². The molecule has 0 aromatic carbocycles. The van der Waals surface area contributed by atoms with E-state index in [0.29, 0.717) is 0 Å². The number of hydrogen-bond acceptors (Lipinski definition) is 10. The van der Waals surface area contributed by atoms with Gasteiger partial charge >= 0.3 is 35.5 Å². The van der Waals surface area contributed by atoms with Crippen LogP contribution < -0.4 is 51.2 Å². The Morgan fingerprint density at radius 1 is 1.11 bits per heavy atom. The molecule has 1 aliphatic heterocycles. The third-order valence-corrected chi connectivity index (χ3v) is 5.03. The Kier molecular flexibility index (Phi) is 14.5. The molecule has 15 nitrogen and oxygen atoms in total. The van der Waals surface area contributed by atoms with Crippen LogP contribution in [0.1, 0.15) is 35.0 Å². The third-order valence-electron chi connectivity index (χ3n) is 5.03. The number of hydrogen-bond donors (Lipinski definition) is 8. The van der Waals surface area contributed by atoms with Gasteiger partial charge in [0.2, 0.25) is 23.6 Å². The van der Waals surface area contributed by atoms with E-state index in [-0.39, 0.29) is 37.4 Å². The van der Waals surface area contributed by atoms with E-state index in [4.69, 9.17) is 20.3 Å². The van der Waals surface area contributed by atoms with Gasteiger partial charge in [0, 0.05) is 13.3 Å². The first kappa shape index (κ1) is 33.1. The van der Waals surface area contributed by atoms with Crippen molar-refractivity contribution in [1.29, 1.82) is 0 Å². The molecule has 1 aliphatic rings. The zero-order valence-electron chi connectivity index (χ0n) is 21.0. The number of carbonyl (C=O) groups excluding carboxylic acids is 4. The van der Waals surface area contributed by atoms with Gasteiger partial charge in [0.25, 0.3) is 0 Å². The summed E-state index contributed by atoms with van der Waals surface area (Å²) in [5.41, 5.74) is 5.16. The Hall–Kier alpha value is -1.85. The molecule has 0 aliphatic carbocycles. The number of carboxylic acids is 1. The number of aliphatic carboxylic acids is 1. The van der Waals surface area contributed by atoms with E-state index >= 15 is 0 Å². The molecule has 1 unspecified atom stereocenters. The van der Waals surface area contributed by atoms with Gasteiger partial charge in [0.1, 0.15) is 42.5 Å². The quantitative estimate of drug-likeness (QED) is 0.113. The van der Waals surface area contributed by atoms with Crippen molar-refractivity contribution in [2.24, 2.45) is 5.73 Å². The van der Waals surface area contributed by atoms with Crippen LogP contribution in [-0.4, -0.2) is 105 Å². The molecule has 1 rings (SSSR count). The van der Waals surface area contributed by atoms with Crippen molar-refractivity contribution in [3.63, 3.8) is 0 Å². The molecule has 4 amide bonds. The maximum Gasteiger partial charge on any atom is 1.00 e. The first-order valence-corrected chi connectivity index (χ1v) is 10.4. The standard InChI is InChI=1S/C19H32N4O11.Na.H/c1-7(17(30)23-10(16(20)29)4-5-12(26)27)21-18(31)8(2)33-15-13(22-9(3)25)19(32)34-11(6-24)14(15)28;;/h7-8,10-11,13-15,19,24,28,32H,4-6H2,1-3H3,(H2,20,29)(H,21,31)(H,22,25)(H,23,30)(H,26,27);;/q;+1;-1/t7-,8+,10+,11+,13+,14+,15+,19?;;/m0../s1. The molecule has 1 saturated heterocycles. The summed E-state index contributed by atoms with van der Waals surface area (Å²) < 4.78 is 10.6. The second-order valence-corrected chi connectivity index (χ2v) is 7.83. The van der Waals surface area contributed by atoms with Crippen molar-refractivity contribution in [2.45, 2.75) is 82.4 Å². The van der Waals surface area contributed by atoms with E-state index in [1.165, 1.54) is 13.8 Å². The average Bonchev–Trinajstić information content (AvgIpc) is 2.74. The van der Waals surface area contributed by atoms with Crippen LogP contribution in [0.15, 0.2) is 0 Å². The van der Waals surface area contributed by atoms with Crippen LogP contribution in [0.2, 0.25) is 0 Å². The molecule has 0 bridgehead atoms. The number of carboxylic acid groups (broad SMARTS) is 1. The summed E-state index contributed by atoms with van der Waals surface area (Å²) in [6, 6.07) is -3.71. The molecule has 1 fully saturated rings. The monoisotopic (exact) mass is 516 g/mol. The SMILES string of the molecule is CC(=O)N[C@H]1C(O)O[C@H](CO)[C@@H](O)[C@@H]1O[C@H](C)C(=O)N[C@@H](C)C(=O)N[C@H](CCC(=O)O)C(N)=O.[H-].[Na+]. The number of nitrogens with one attached hydrogen (secondary N) is 3. The Bertz CT molecular complexity index is 778. The number of rotatable bonds is 12. The van der Waals surface area contributed by atoms with E-state index < -0.39 is 91.5 Å². The van der Waals surface area contributed by atoms with Crippen LogP contribution in [0.3, 0.4) is 0 Å². The largest absolute Gasteiger partial charge is 1.00 e.